The molecule has 0 unspecified atom stereocenters. The maximum absolute atomic E-state index is 13.2. The number of nitrogens with one attached hydrogen (secondary N) is 1. The van der Waals surface area contributed by atoms with Crippen LogP contribution in [0.25, 0.3) is 22.2 Å². The van der Waals surface area contributed by atoms with E-state index in [1.807, 2.05) is 54.6 Å². The number of amides is 1. The molecule has 5 rings (SSSR count). The Hall–Kier alpha value is -3.68. The standard InChI is InChI=1S/C29H27F2N3O2/c30-29(31)24-6-2-4-22(17-24)26-12-9-21-3-1-5-23(28(21)33-26)18-27(35)32-25-10-7-20(8-11-25)19-34-13-15-36-16-14-34/h1-12,17,29H,13-16,18-19H2,(H,32,35). The second-order valence-corrected chi connectivity index (χ2v) is 8.92. The van der Waals surface area contributed by atoms with Crippen molar-refractivity contribution in [3.8, 4) is 11.3 Å². The largest absolute Gasteiger partial charge is 0.379 e. The van der Waals surface area contributed by atoms with E-state index in [1.165, 1.54) is 17.7 Å². The Morgan fingerprint density at radius 3 is 2.53 bits per heavy atom. The van der Waals surface area contributed by atoms with E-state index in [4.69, 9.17) is 9.72 Å². The monoisotopic (exact) mass is 487 g/mol. The zero-order valence-electron chi connectivity index (χ0n) is 19.8. The fraction of sp³-hybridized carbons (Fsp3) is 0.241. The maximum atomic E-state index is 13.2. The Morgan fingerprint density at radius 1 is 0.972 bits per heavy atom. The highest BCUT2D eigenvalue weighted by atomic mass is 19.3. The number of carbonyl (C=O) groups excluding carboxylic acids is 1. The molecule has 184 valence electrons. The molecule has 1 amide bonds. The molecule has 0 radical (unpaired) electrons. The van der Waals surface area contributed by atoms with Crippen LogP contribution in [0.15, 0.2) is 78.9 Å². The summed E-state index contributed by atoms with van der Waals surface area (Å²) in [6, 6.07) is 23.5. The summed E-state index contributed by atoms with van der Waals surface area (Å²) in [5.74, 6) is -0.143. The smallest absolute Gasteiger partial charge is 0.263 e. The summed E-state index contributed by atoms with van der Waals surface area (Å²) >= 11 is 0. The molecular weight excluding hydrogens is 460 g/mol. The maximum Gasteiger partial charge on any atom is 0.263 e. The van der Waals surface area contributed by atoms with E-state index in [9.17, 15) is 13.6 Å². The summed E-state index contributed by atoms with van der Waals surface area (Å²) in [6.07, 6.45) is -2.39. The summed E-state index contributed by atoms with van der Waals surface area (Å²) in [6.45, 7) is 4.25. The molecule has 0 saturated carbocycles. The number of rotatable bonds is 7. The van der Waals surface area contributed by atoms with Crippen LogP contribution in [0.3, 0.4) is 0 Å². The average Bonchev–Trinajstić information content (AvgIpc) is 2.90. The van der Waals surface area contributed by atoms with Crippen LogP contribution in [-0.2, 0) is 22.5 Å². The van der Waals surface area contributed by atoms with E-state index in [1.54, 1.807) is 12.1 Å². The van der Waals surface area contributed by atoms with Gasteiger partial charge in [0.25, 0.3) is 6.43 Å². The number of para-hydroxylation sites is 1. The molecule has 7 heteroatoms. The van der Waals surface area contributed by atoms with E-state index in [0.29, 0.717) is 16.8 Å². The van der Waals surface area contributed by atoms with Crippen LogP contribution in [0, 0.1) is 0 Å². The number of fused-ring (bicyclic) bond motifs is 1. The third kappa shape index (κ3) is 5.75. The predicted octanol–water partition coefficient (Wildman–Crippen LogP) is 5.85. The lowest BCUT2D eigenvalue weighted by molar-refractivity contribution is -0.115. The Bertz CT molecular complexity index is 1350. The molecule has 3 aromatic carbocycles. The second kappa shape index (κ2) is 10.9. The van der Waals surface area contributed by atoms with Gasteiger partial charge in [0.2, 0.25) is 5.91 Å². The molecule has 1 fully saturated rings. The fourth-order valence-corrected chi connectivity index (χ4v) is 4.43. The summed E-state index contributed by atoms with van der Waals surface area (Å²) < 4.78 is 31.7. The lowest BCUT2D eigenvalue weighted by Crippen LogP contribution is -2.35. The van der Waals surface area contributed by atoms with Crippen molar-refractivity contribution < 1.29 is 18.3 Å². The van der Waals surface area contributed by atoms with Gasteiger partial charge in [0, 0.05) is 41.8 Å². The van der Waals surface area contributed by atoms with Crippen molar-refractivity contribution in [3.63, 3.8) is 0 Å². The molecule has 1 aliphatic rings. The Kier molecular flexibility index (Phi) is 7.30. The number of morpholine rings is 1. The minimum Gasteiger partial charge on any atom is -0.379 e. The van der Waals surface area contributed by atoms with Crippen molar-refractivity contribution in [2.45, 2.75) is 19.4 Å². The van der Waals surface area contributed by atoms with Gasteiger partial charge < -0.3 is 10.1 Å². The quantitative estimate of drug-likeness (QED) is 0.355. The molecule has 0 aliphatic carbocycles. The summed E-state index contributed by atoms with van der Waals surface area (Å²) in [7, 11) is 0. The van der Waals surface area contributed by atoms with E-state index in [2.05, 4.69) is 10.2 Å². The number of pyridine rings is 1. The summed E-state index contributed by atoms with van der Waals surface area (Å²) in [5, 5.41) is 3.86. The zero-order chi connectivity index (χ0) is 24.9. The number of nitrogens with zero attached hydrogens (tertiary/aromatic N) is 2. The molecule has 0 bridgehead atoms. The molecule has 4 aromatic rings. The van der Waals surface area contributed by atoms with Gasteiger partial charge in [-0.25, -0.2) is 13.8 Å². The zero-order valence-corrected chi connectivity index (χ0v) is 19.8. The summed E-state index contributed by atoms with van der Waals surface area (Å²) in [5.41, 5.74) is 4.56. The van der Waals surface area contributed by atoms with Gasteiger partial charge in [0.05, 0.1) is 30.8 Å². The van der Waals surface area contributed by atoms with Crippen LogP contribution >= 0.6 is 0 Å². The molecule has 1 aromatic heterocycles. The van der Waals surface area contributed by atoms with Gasteiger partial charge in [0.15, 0.2) is 0 Å². The van der Waals surface area contributed by atoms with Crippen LogP contribution in [0.2, 0.25) is 0 Å². The van der Waals surface area contributed by atoms with Crippen LogP contribution in [0.1, 0.15) is 23.1 Å². The van der Waals surface area contributed by atoms with Crippen molar-refractivity contribution >= 4 is 22.5 Å². The highest BCUT2D eigenvalue weighted by Crippen LogP contribution is 2.27. The highest BCUT2D eigenvalue weighted by molar-refractivity contribution is 5.95. The molecule has 5 nitrogen and oxygen atoms in total. The molecule has 1 aliphatic heterocycles. The molecule has 0 atom stereocenters. The lowest BCUT2D eigenvalue weighted by atomic mass is 10.0. The molecular formula is C29H27F2N3O2. The molecule has 1 saturated heterocycles. The van der Waals surface area contributed by atoms with Crippen LogP contribution in [-0.4, -0.2) is 42.1 Å². The topological polar surface area (TPSA) is 54.5 Å². The van der Waals surface area contributed by atoms with Crippen LogP contribution in [0.4, 0.5) is 14.5 Å². The van der Waals surface area contributed by atoms with E-state index in [0.717, 1.165) is 49.5 Å². The van der Waals surface area contributed by atoms with Crippen molar-refractivity contribution in [3.05, 3.63) is 95.6 Å². The number of hydrogen-bond donors (Lipinski definition) is 1. The minimum absolute atomic E-state index is 0.0435. The number of aromatic nitrogens is 1. The lowest BCUT2D eigenvalue weighted by Gasteiger charge is -2.26. The average molecular weight is 488 g/mol. The van der Waals surface area contributed by atoms with Gasteiger partial charge in [-0.15, -0.1) is 0 Å². The SMILES string of the molecule is O=C(Cc1cccc2ccc(-c3cccc(C(F)F)c3)nc12)Nc1ccc(CN2CCOCC2)cc1. The van der Waals surface area contributed by atoms with Gasteiger partial charge in [-0.3, -0.25) is 9.69 Å². The van der Waals surface area contributed by atoms with Gasteiger partial charge >= 0.3 is 0 Å². The predicted molar refractivity (Wildman–Crippen MR) is 137 cm³/mol. The number of anilines is 1. The molecule has 2 heterocycles. The van der Waals surface area contributed by atoms with Crippen molar-refractivity contribution in [1.82, 2.24) is 9.88 Å². The third-order valence-electron chi connectivity index (χ3n) is 6.34. The summed E-state index contributed by atoms with van der Waals surface area (Å²) in [4.78, 5) is 19.9. The number of alkyl halides is 2. The molecule has 36 heavy (non-hydrogen) atoms. The normalized spacial score (nSPS) is 14.3. The van der Waals surface area contributed by atoms with Crippen molar-refractivity contribution in [2.75, 3.05) is 31.6 Å². The van der Waals surface area contributed by atoms with Gasteiger partial charge in [-0.1, -0.05) is 54.6 Å². The Morgan fingerprint density at radius 2 is 1.75 bits per heavy atom. The van der Waals surface area contributed by atoms with Crippen molar-refractivity contribution in [1.29, 1.82) is 0 Å². The Labute approximate surface area is 208 Å². The van der Waals surface area contributed by atoms with Crippen LogP contribution < -0.4 is 5.32 Å². The minimum atomic E-state index is -2.54. The van der Waals surface area contributed by atoms with Gasteiger partial charge in [-0.05, 0) is 35.4 Å². The number of halogens is 2. The first-order valence-electron chi connectivity index (χ1n) is 12.0. The molecule has 0 spiro atoms. The number of carbonyl (C=O) groups is 1. The first-order chi connectivity index (χ1) is 17.5. The van der Waals surface area contributed by atoms with E-state index >= 15 is 0 Å². The molecule has 1 N–H and O–H groups in total. The fourth-order valence-electron chi connectivity index (χ4n) is 4.43. The van der Waals surface area contributed by atoms with E-state index in [-0.39, 0.29) is 17.9 Å². The van der Waals surface area contributed by atoms with Crippen LogP contribution in [0.5, 0.6) is 0 Å². The van der Waals surface area contributed by atoms with Crippen molar-refractivity contribution in [2.24, 2.45) is 0 Å². The Balaban J connectivity index is 1.29. The van der Waals surface area contributed by atoms with E-state index < -0.39 is 6.43 Å². The van der Waals surface area contributed by atoms with Gasteiger partial charge in [-0.2, -0.15) is 0 Å². The highest BCUT2D eigenvalue weighted by Gasteiger charge is 2.13. The number of hydrogen-bond acceptors (Lipinski definition) is 4. The number of benzene rings is 3. The third-order valence-corrected chi connectivity index (χ3v) is 6.34. The second-order valence-electron chi connectivity index (χ2n) is 8.92. The number of ether oxygens (including phenoxy) is 1. The first-order valence-corrected chi connectivity index (χ1v) is 12.0. The first kappa shape index (κ1) is 24.0. The van der Waals surface area contributed by atoms with Gasteiger partial charge in [0.1, 0.15) is 0 Å².